The van der Waals surface area contributed by atoms with Gasteiger partial charge in [-0.3, -0.25) is 0 Å². The van der Waals surface area contributed by atoms with Gasteiger partial charge in [-0.1, -0.05) is 0 Å². The highest BCUT2D eigenvalue weighted by Crippen LogP contribution is 2.21. The van der Waals surface area contributed by atoms with Crippen molar-refractivity contribution >= 4 is 40.4 Å². The summed E-state index contributed by atoms with van der Waals surface area (Å²) in [5.41, 5.74) is 7.28. The number of nitrogens with zero attached hydrogens (tertiary/aromatic N) is 4. The summed E-state index contributed by atoms with van der Waals surface area (Å²) in [4.78, 5) is 14.9. The average Bonchev–Trinajstić information content (AvgIpc) is 2.48. The second kappa shape index (κ2) is 7.09. The molecular formula is C15H19ClN6. The minimum absolute atomic E-state index is 0.216. The van der Waals surface area contributed by atoms with E-state index < -0.39 is 0 Å². The topological polar surface area (TPSA) is 79.4 Å². The summed E-state index contributed by atoms with van der Waals surface area (Å²) < 4.78 is 0. The predicted molar refractivity (Wildman–Crippen MR) is 92.8 cm³/mol. The molecule has 0 saturated heterocycles. The first-order valence-electron chi connectivity index (χ1n) is 6.77. The fourth-order valence-corrected chi connectivity index (χ4v) is 1.87. The molecule has 6 nitrogen and oxygen atoms in total. The van der Waals surface area contributed by atoms with Crippen LogP contribution in [0.5, 0.6) is 0 Å². The predicted octanol–water partition coefficient (Wildman–Crippen LogP) is 2.82. The highest BCUT2D eigenvalue weighted by atomic mass is 35.5. The van der Waals surface area contributed by atoms with Crippen LogP contribution in [0.3, 0.4) is 0 Å². The van der Waals surface area contributed by atoms with E-state index in [-0.39, 0.29) is 5.88 Å². The van der Waals surface area contributed by atoms with Gasteiger partial charge in [-0.2, -0.15) is 0 Å². The number of rotatable bonds is 5. The molecule has 116 valence electrons. The quantitative estimate of drug-likeness (QED) is 0.503. The van der Waals surface area contributed by atoms with Gasteiger partial charge in [0, 0.05) is 25.8 Å². The van der Waals surface area contributed by atoms with E-state index in [9.17, 15) is 0 Å². The van der Waals surface area contributed by atoms with Crippen molar-refractivity contribution in [2.75, 3.05) is 30.2 Å². The summed E-state index contributed by atoms with van der Waals surface area (Å²) in [5, 5.41) is 3.25. The number of nitrogens with two attached hydrogens (primary N) is 1. The minimum atomic E-state index is 0.216. The summed E-state index contributed by atoms with van der Waals surface area (Å²) in [6, 6.07) is 9.44. The molecule has 2 aromatic rings. The Labute approximate surface area is 135 Å². The van der Waals surface area contributed by atoms with Gasteiger partial charge < -0.3 is 16.0 Å². The summed E-state index contributed by atoms with van der Waals surface area (Å²) in [6.07, 6.45) is 0. The van der Waals surface area contributed by atoms with Crippen LogP contribution in [0, 0.1) is 6.92 Å². The van der Waals surface area contributed by atoms with E-state index in [1.165, 1.54) is 0 Å². The second-order valence-corrected chi connectivity index (χ2v) is 5.23. The highest BCUT2D eigenvalue weighted by Gasteiger charge is 2.04. The highest BCUT2D eigenvalue weighted by molar-refractivity contribution is 6.28. The molecule has 0 aliphatic heterocycles. The van der Waals surface area contributed by atoms with E-state index in [4.69, 9.17) is 17.3 Å². The number of aryl methyl sites for hydroxylation is 1. The molecule has 0 radical (unpaired) electrons. The first-order chi connectivity index (χ1) is 10.5. The molecule has 1 heterocycles. The molecule has 3 N–H and O–H groups in total. The molecular weight excluding hydrogens is 300 g/mol. The van der Waals surface area contributed by atoms with Crippen molar-refractivity contribution in [2.24, 2.45) is 10.7 Å². The Hall–Kier alpha value is -2.34. The Kier molecular flexibility index (Phi) is 5.16. The zero-order valence-corrected chi connectivity index (χ0v) is 13.6. The number of hydrogen-bond acceptors (Lipinski definition) is 5. The van der Waals surface area contributed by atoms with Crippen molar-refractivity contribution in [3.8, 4) is 0 Å². The van der Waals surface area contributed by atoms with Crippen LogP contribution in [-0.4, -0.2) is 35.8 Å². The Morgan fingerprint density at radius 1 is 1.27 bits per heavy atom. The van der Waals surface area contributed by atoms with Crippen LogP contribution < -0.4 is 16.0 Å². The molecule has 0 unspecified atom stereocenters. The molecule has 0 saturated carbocycles. The lowest BCUT2D eigenvalue weighted by atomic mass is 10.3. The van der Waals surface area contributed by atoms with Gasteiger partial charge in [0.05, 0.1) is 11.6 Å². The Morgan fingerprint density at radius 3 is 2.55 bits per heavy atom. The van der Waals surface area contributed by atoms with E-state index in [2.05, 4.69) is 20.3 Å². The van der Waals surface area contributed by atoms with Crippen LogP contribution in [0.15, 0.2) is 35.3 Å². The van der Waals surface area contributed by atoms with Crippen LogP contribution in [0.1, 0.15) is 5.82 Å². The number of anilines is 3. The summed E-state index contributed by atoms with van der Waals surface area (Å²) in [6.45, 7) is 1.87. The number of alkyl halides is 1. The van der Waals surface area contributed by atoms with Crippen LogP contribution in [0.4, 0.5) is 23.0 Å². The maximum atomic E-state index is 5.61. The maximum Gasteiger partial charge on any atom is 0.136 e. The molecule has 7 heteroatoms. The van der Waals surface area contributed by atoms with E-state index in [0.29, 0.717) is 11.7 Å². The van der Waals surface area contributed by atoms with Gasteiger partial charge in [-0.05, 0) is 31.2 Å². The minimum Gasteiger partial charge on any atom is -0.386 e. The molecule has 2 rings (SSSR count). The van der Waals surface area contributed by atoms with Crippen molar-refractivity contribution in [2.45, 2.75) is 6.92 Å². The SMILES string of the molecule is Cc1nc(Nc2ccc(N=C(N)CCl)cc2)cc(N(C)C)n1. The molecule has 1 aromatic heterocycles. The third-order valence-corrected chi connectivity index (χ3v) is 3.11. The third-order valence-electron chi connectivity index (χ3n) is 2.83. The van der Waals surface area contributed by atoms with Crippen LogP contribution in [0.25, 0.3) is 0 Å². The van der Waals surface area contributed by atoms with E-state index >= 15 is 0 Å². The van der Waals surface area contributed by atoms with E-state index in [1.807, 2.05) is 56.3 Å². The molecule has 0 aliphatic rings. The molecule has 0 aliphatic carbocycles. The lowest BCUT2D eigenvalue weighted by molar-refractivity contribution is 0.991. The van der Waals surface area contributed by atoms with E-state index in [0.717, 1.165) is 23.0 Å². The average molecular weight is 319 g/mol. The Bertz CT molecular complexity index is 666. The van der Waals surface area contributed by atoms with Crippen LogP contribution in [-0.2, 0) is 0 Å². The van der Waals surface area contributed by atoms with Crippen molar-refractivity contribution in [3.05, 3.63) is 36.2 Å². The monoisotopic (exact) mass is 318 g/mol. The zero-order valence-electron chi connectivity index (χ0n) is 12.8. The van der Waals surface area contributed by atoms with Crippen molar-refractivity contribution < 1.29 is 0 Å². The number of halogens is 1. The standard InChI is InChI=1S/C15H19ClN6/c1-10-18-14(8-15(19-10)22(2)3)21-12-6-4-11(5-7-12)20-13(17)9-16/h4-8H,9H2,1-3H3,(H2,17,20)(H,18,19,21). The molecule has 22 heavy (non-hydrogen) atoms. The lowest BCUT2D eigenvalue weighted by Gasteiger charge is -2.14. The Morgan fingerprint density at radius 2 is 1.95 bits per heavy atom. The first kappa shape index (κ1) is 16.0. The number of aromatic nitrogens is 2. The fourth-order valence-electron chi connectivity index (χ4n) is 1.81. The summed E-state index contributed by atoms with van der Waals surface area (Å²) in [7, 11) is 3.89. The normalized spacial score (nSPS) is 11.4. The number of benzene rings is 1. The van der Waals surface area contributed by atoms with Crippen molar-refractivity contribution in [1.29, 1.82) is 0 Å². The molecule has 1 aromatic carbocycles. The largest absolute Gasteiger partial charge is 0.386 e. The van der Waals surface area contributed by atoms with Gasteiger partial charge in [0.15, 0.2) is 0 Å². The third kappa shape index (κ3) is 4.33. The number of aliphatic imine (C=N–C) groups is 1. The summed E-state index contributed by atoms with van der Waals surface area (Å²) >= 11 is 5.61. The van der Waals surface area contributed by atoms with Gasteiger partial charge >= 0.3 is 0 Å². The van der Waals surface area contributed by atoms with Gasteiger partial charge in [-0.15, -0.1) is 11.6 Å². The molecule has 0 bridgehead atoms. The number of amidine groups is 1. The van der Waals surface area contributed by atoms with Crippen LogP contribution >= 0.6 is 11.6 Å². The van der Waals surface area contributed by atoms with Gasteiger partial charge in [-0.25, -0.2) is 15.0 Å². The number of nitrogens with one attached hydrogen (secondary N) is 1. The number of hydrogen-bond donors (Lipinski definition) is 2. The lowest BCUT2D eigenvalue weighted by Crippen LogP contribution is -2.12. The molecule has 0 amide bonds. The molecule has 0 spiro atoms. The van der Waals surface area contributed by atoms with Crippen LogP contribution in [0.2, 0.25) is 0 Å². The van der Waals surface area contributed by atoms with Gasteiger partial charge in [0.1, 0.15) is 23.3 Å². The Balaban J connectivity index is 2.17. The molecule has 0 atom stereocenters. The van der Waals surface area contributed by atoms with Crippen molar-refractivity contribution in [3.63, 3.8) is 0 Å². The second-order valence-electron chi connectivity index (χ2n) is 4.96. The van der Waals surface area contributed by atoms with Crippen molar-refractivity contribution in [1.82, 2.24) is 9.97 Å². The molecule has 0 fully saturated rings. The van der Waals surface area contributed by atoms with E-state index in [1.54, 1.807) is 0 Å². The first-order valence-corrected chi connectivity index (χ1v) is 7.30. The summed E-state index contributed by atoms with van der Waals surface area (Å²) in [5.74, 6) is 2.92. The maximum absolute atomic E-state index is 5.61. The van der Waals surface area contributed by atoms with Gasteiger partial charge in [0.2, 0.25) is 0 Å². The van der Waals surface area contributed by atoms with Gasteiger partial charge in [0.25, 0.3) is 0 Å². The zero-order chi connectivity index (χ0) is 16.1. The fraction of sp³-hybridized carbons (Fsp3) is 0.267. The smallest absolute Gasteiger partial charge is 0.136 e.